The molecule has 8 heteroatoms. The second-order valence-electron chi connectivity index (χ2n) is 4.42. The van der Waals surface area contributed by atoms with E-state index in [4.69, 9.17) is 10.2 Å². The van der Waals surface area contributed by atoms with Crippen molar-refractivity contribution >= 4 is 16.0 Å². The second kappa shape index (κ2) is 4.48. The van der Waals surface area contributed by atoms with Gasteiger partial charge in [0, 0.05) is 13.1 Å². The van der Waals surface area contributed by atoms with Gasteiger partial charge < -0.3 is 15.3 Å². The van der Waals surface area contributed by atoms with Crippen LogP contribution in [0, 0.1) is 6.92 Å². The monoisotopic (exact) mass is 287 g/mol. The summed E-state index contributed by atoms with van der Waals surface area (Å²) < 4.78 is 25.5. The Bertz CT molecular complexity index is 633. The zero-order chi connectivity index (χ0) is 14.4. The molecule has 0 amide bonds. The summed E-state index contributed by atoms with van der Waals surface area (Å²) in [6, 6.07) is 2.04. The van der Waals surface area contributed by atoms with Crippen LogP contribution < -0.4 is 0 Å². The van der Waals surface area contributed by atoms with Gasteiger partial charge in [-0.15, -0.1) is 0 Å². The molecule has 1 saturated heterocycles. The summed E-state index contributed by atoms with van der Waals surface area (Å²) >= 11 is 0. The number of nitrogens with zero attached hydrogens (tertiary/aromatic N) is 1. The van der Waals surface area contributed by atoms with Crippen LogP contribution in [0.1, 0.15) is 15.9 Å². The number of aryl methyl sites for hydroxylation is 1. The lowest BCUT2D eigenvalue weighted by atomic mass is 10.1. The highest BCUT2D eigenvalue weighted by Gasteiger charge is 2.37. The summed E-state index contributed by atoms with van der Waals surface area (Å²) in [7, 11) is -3.84. The number of hydrogen-bond donors (Lipinski definition) is 3. The van der Waals surface area contributed by atoms with E-state index < -0.39 is 33.4 Å². The number of β-amino-alcohol motifs (C(OH)–C–C–N with tert-alkyl or cyclic N) is 1. The Morgan fingerprint density at radius 3 is 2.42 bits per heavy atom. The maximum absolute atomic E-state index is 12.2. The smallest absolute Gasteiger partial charge is 0.339 e. The first-order valence-corrected chi connectivity index (χ1v) is 6.92. The minimum atomic E-state index is -3.84. The molecule has 0 radical (unpaired) electrons. The fourth-order valence-electron chi connectivity index (χ4n) is 1.87. The number of sulfonamides is 1. The molecule has 0 aliphatic carbocycles. The van der Waals surface area contributed by atoms with Gasteiger partial charge in [-0.1, -0.05) is 0 Å². The van der Waals surface area contributed by atoms with Crippen LogP contribution >= 0.6 is 0 Å². The summed E-state index contributed by atoms with van der Waals surface area (Å²) in [5, 5.41) is 27.5. The first kappa shape index (κ1) is 13.8. The van der Waals surface area contributed by atoms with Gasteiger partial charge in [0.25, 0.3) is 0 Å². The van der Waals surface area contributed by atoms with E-state index in [1.165, 1.54) is 6.92 Å². The van der Waals surface area contributed by atoms with Crippen LogP contribution in [-0.2, 0) is 10.0 Å². The van der Waals surface area contributed by atoms with Crippen molar-refractivity contribution in [1.82, 2.24) is 4.31 Å². The second-order valence-corrected chi connectivity index (χ2v) is 6.32. The number of phenols is 1. The van der Waals surface area contributed by atoms with Crippen molar-refractivity contribution in [3.05, 3.63) is 23.3 Å². The number of aromatic hydroxyl groups is 1. The number of aromatic carboxylic acids is 1. The first-order chi connectivity index (χ1) is 8.73. The SMILES string of the molecule is Cc1cc(O)c(C(=O)O)cc1S(=O)(=O)N1CC(O)C1. The minimum absolute atomic E-state index is 0.00887. The van der Waals surface area contributed by atoms with Crippen molar-refractivity contribution in [2.24, 2.45) is 0 Å². The predicted molar refractivity (Wildman–Crippen MR) is 64.6 cm³/mol. The minimum Gasteiger partial charge on any atom is -0.507 e. The van der Waals surface area contributed by atoms with Crippen LogP contribution in [0.4, 0.5) is 0 Å². The highest BCUT2D eigenvalue weighted by atomic mass is 32.2. The lowest BCUT2D eigenvalue weighted by Gasteiger charge is -2.35. The molecule has 1 aliphatic heterocycles. The van der Waals surface area contributed by atoms with Crippen LogP contribution in [-0.4, -0.2) is 53.2 Å². The predicted octanol–water partition coefficient (Wildman–Crippen LogP) is -0.236. The highest BCUT2D eigenvalue weighted by molar-refractivity contribution is 7.89. The molecule has 104 valence electrons. The molecule has 7 nitrogen and oxygen atoms in total. The zero-order valence-corrected chi connectivity index (χ0v) is 10.9. The van der Waals surface area contributed by atoms with E-state index in [-0.39, 0.29) is 23.5 Å². The summed E-state index contributed by atoms with van der Waals surface area (Å²) in [5.74, 6) is -1.88. The Hall–Kier alpha value is -1.64. The fourth-order valence-corrected chi connectivity index (χ4v) is 3.62. The maximum Gasteiger partial charge on any atom is 0.339 e. The summed E-state index contributed by atoms with van der Waals surface area (Å²) in [6.45, 7) is 1.45. The Labute approximate surface area is 109 Å². The van der Waals surface area contributed by atoms with Crippen molar-refractivity contribution in [2.45, 2.75) is 17.9 Å². The van der Waals surface area contributed by atoms with Gasteiger partial charge in [-0.25, -0.2) is 13.2 Å². The third-order valence-corrected chi connectivity index (χ3v) is 4.94. The van der Waals surface area contributed by atoms with Gasteiger partial charge in [-0.2, -0.15) is 4.31 Å². The number of aliphatic hydroxyl groups excluding tert-OH is 1. The Morgan fingerprint density at radius 1 is 1.37 bits per heavy atom. The average Bonchev–Trinajstić information content (AvgIpc) is 2.23. The molecule has 1 aromatic carbocycles. The molecule has 1 heterocycles. The van der Waals surface area contributed by atoms with Gasteiger partial charge >= 0.3 is 5.97 Å². The molecule has 1 aromatic rings. The van der Waals surface area contributed by atoms with E-state index >= 15 is 0 Å². The van der Waals surface area contributed by atoms with Crippen molar-refractivity contribution in [3.63, 3.8) is 0 Å². The molecule has 3 N–H and O–H groups in total. The molecule has 0 saturated carbocycles. The number of aliphatic hydroxyl groups is 1. The number of carboxylic acids is 1. The van der Waals surface area contributed by atoms with E-state index in [1.807, 2.05) is 0 Å². The fraction of sp³-hybridized carbons (Fsp3) is 0.364. The standard InChI is InChI=1S/C11H13NO6S/c1-6-2-9(14)8(11(15)16)3-10(6)19(17,18)12-4-7(13)5-12/h2-3,7,13-14H,4-5H2,1H3,(H,15,16). The van der Waals surface area contributed by atoms with E-state index in [0.29, 0.717) is 0 Å². The Morgan fingerprint density at radius 2 is 1.95 bits per heavy atom. The molecule has 0 unspecified atom stereocenters. The van der Waals surface area contributed by atoms with Crippen molar-refractivity contribution in [2.75, 3.05) is 13.1 Å². The third-order valence-electron chi connectivity index (χ3n) is 2.97. The quantitative estimate of drug-likeness (QED) is 0.707. The summed E-state index contributed by atoms with van der Waals surface area (Å²) in [5.41, 5.74) is -0.214. The normalized spacial score (nSPS) is 17.2. The summed E-state index contributed by atoms with van der Waals surface area (Å²) in [4.78, 5) is 10.7. The zero-order valence-electron chi connectivity index (χ0n) is 10.1. The van der Waals surface area contributed by atoms with Gasteiger partial charge in [-0.3, -0.25) is 0 Å². The molecule has 1 fully saturated rings. The molecule has 0 spiro atoms. The van der Waals surface area contributed by atoms with E-state index in [0.717, 1.165) is 16.4 Å². The molecule has 1 aliphatic rings. The van der Waals surface area contributed by atoms with E-state index in [2.05, 4.69) is 0 Å². The van der Waals surface area contributed by atoms with Crippen LogP contribution in [0.2, 0.25) is 0 Å². The van der Waals surface area contributed by atoms with E-state index in [1.54, 1.807) is 0 Å². The Kier molecular flexibility index (Phi) is 3.25. The van der Waals surface area contributed by atoms with Gasteiger partial charge in [0.05, 0.1) is 11.0 Å². The molecule has 19 heavy (non-hydrogen) atoms. The highest BCUT2D eigenvalue weighted by Crippen LogP contribution is 2.29. The van der Waals surface area contributed by atoms with Crippen LogP contribution in [0.15, 0.2) is 17.0 Å². The number of hydrogen-bond acceptors (Lipinski definition) is 5. The molecular weight excluding hydrogens is 274 g/mol. The average molecular weight is 287 g/mol. The lowest BCUT2D eigenvalue weighted by molar-refractivity contribution is 0.0547. The topological polar surface area (TPSA) is 115 Å². The summed E-state index contributed by atoms with van der Waals surface area (Å²) in [6.07, 6.45) is -0.689. The molecular formula is C11H13NO6S. The lowest BCUT2D eigenvalue weighted by Crippen LogP contribution is -2.53. The largest absolute Gasteiger partial charge is 0.507 e. The van der Waals surface area contributed by atoms with Crippen LogP contribution in [0.5, 0.6) is 5.75 Å². The van der Waals surface area contributed by atoms with Crippen LogP contribution in [0.25, 0.3) is 0 Å². The number of benzene rings is 1. The Balaban J connectivity index is 2.50. The molecule has 0 atom stereocenters. The van der Waals surface area contributed by atoms with Crippen molar-refractivity contribution in [1.29, 1.82) is 0 Å². The third kappa shape index (κ3) is 2.29. The number of carbonyl (C=O) groups is 1. The first-order valence-electron chi connectivity index (χ1n) is 5.48. The number of carboxylic acid groups (broad SMARTS) is 1. The molecule has 2 rings (SSSR count). The van der Waals surface area contributed by atoms with Crippen molar-refractivity contribution < 1.29 is 28.5 Å². The molecule has 0 bridgehead atoms. The molecule has 0 aromatic heterocycles. The van der Waals surface area contributed by atoms with Gasteiger partial charge in [0.2, 0.25) is 10.0 Å². The maximum atomic E-state index is 12.2. The van der Waals surface area contributed by atoms with Crippen molar-refractivity contribution in [3.8, 4) is 5.75 Å². The number of rotatable bonds is 3. The van der Waals surface area contributed by atoms with Gasteiger partial charge in [0.15, 0.2) is 0 Å². The van der Waals surface area contributed by atoms with Gasteiger partial charge in [-0.05, 0) is 24.6 Å². The van der Waals surface area contributed by atoms with Gasteiger partial charge in [0.1, 0.15) is 11.3 Å². The van der Waals surface area contributed by atoms with Crippen LogP contribution in [0.3, 0.4) is 0 Å². The van der Waals surface area contributed by atoms with E-state index in [9.17, 15) is 18.3 Å².